The molecule has 1 aromatic heterocycles. The minimum absolute atomic E-state index is 0.0703. The molecule has 3 rings (SSSR count). The van der Waals surface area contributed by atoms with Crippen LogP contribution in [-0.4, -0.2) is 9.13 Å². The second-order valence-electron chi connectivity index (χ2n) is 5.14. The Morgan fingerprint density at radius 2 is 1.57 bits per heavy atom. The van der Waals surface area contributed by atoms with Gasteiger partial charge in [0.1, 0.15) is 0 Å². The summed E-state index contributed by atoms with van der Waals surface area (Å²) in [5, 5.41) is 0. The Bertz CT molecular complexity index is 815. The maximum Gasteiger partial charge on any atom is 0.329 e. The van der Waals surface area contributed by atoms with Crippen molar-refractivity contribution in [1.82, 2.24) is 9.13 Å². The van der Waals surface area contributed by atoms with Gasteiger partial charge in [0.25, 0.3) is 0 Å². The van der Waals surface area contributed by atoms with Gasteiger partial charge in [0.15, 0.2) is 0 Å². The molecule has 1 heterocycles. The van der Waals surface area contributed by atoms with E-state index in [4.69, 9.17) is 0 Å². The zero-order chi connectivity index (χ0) is 14.8. The Hall–Kier alpha value is -1.81. The summed E-state index contributed by atoms with van der Waals surface area (Å²) in [6.45, 7) is 3.45. The van der Waals surface area contributed by atoms with Crippen LogP contribution in [0, 0.1) is 0 Å². The van der Waals surface area contributed by atoms with Gasteiger partial charge < -0.3 is 0 Å². The number of benzene rings is 2. The van der Waals surface area contributed by atoms with Crippen molar-refractivity contribution in [3.63, 3.8) is 0 Å². The average Bonchev–Trinajstić information content (AvgIpc) is 2.76. The Labute approximate surface area is 132 Å². The van der Waals surface area contributed by atoms with E-state index in [0.29, 0.717) is 6.54 Å². The van der Waals surface area contributed by atoms with Gasteiger partial charge in [-0.1, -0.05) is 47.1 Å². The third kappa shape index (κ3) is 2.68. The molecule has 2 aromatic carbocycles. The number of para-hydroxylation sites is 2. The Morgan fingerprint density at radius 1 is 0.952 bits per heavy atom. The molecule has 0 bridgehead atoms. The maximum atomic E-state index is 12.7. The molecule has 0 saturated carbocycles. The van der Waals surface area contributed by atoms with Crippen molar-refractivity contribution in [2.45, 2.75) is 26.4 Å². The first kappa shape index (κ1) is 14.1. The molecule has 0 saturated heterocycles. The number of halogens is 1. The van der Waals surface area contributed by atoms with Crippen molar-refractivity contribution in [3.8, 4) is 0 Å². The van der Waals surface area contributed by atoms with Crippen LogP contribution in [0.25, 0.3) is 11.0 Å². The highest BCUT2D eigenvalue weighted by atomic mass is 79.9. The van der Waals surface area contributed by atoms with E-state index in [2.05, 4.69) is 22.9 Å². The van der Waals surface area contributed by atoms with E-state index in [1.54, 1.807) is 0 Å². The van der Waals surface area contributed by atoms with Crippen LogP contribution in [0.3, 0.4) is 0 Å². The van der Waals surface area contributed by atoms with Crippen LogP contribution in [0.15, 0.2) is 57.8 Å². The lowest BCUT2D eigenvalue weighted by Gasteiger charge is -2.04. The van der Waals surface area contributed by atoms with Crippen LogP contribution in [0.4, 0.5) is 0 Å². The second-order valence-corrected chi connectivity index (χ2v) is 6.05. The highest BCUT2D eigenvalue weighted by Crippen LogP contribution is 2.16. The lowest BCUT2D eigenvalue weighted by atomic mass is 10.2. The molecule has 21 heavy (non-hydrogen) atoms. The number of nitrogens with zero attached hydrogens (tertiary/aromatic N) is 2. The maximum absolute atomic E-state index is 12.7. The molecular formula is C17H17BrN2O. The fourth-order valence-electron chi connectivity index (χ4n) is 2.64. The number of hydrogen-bond acceptors (Lipinski definition) is 1. The molecule has 0 amide bonds. The van der Waals surface area contributed by atoms with Gasteiger partial charge in [-0.15, -0.1) is 0 Å². The largest absolute Gasteiger partial charge is 0.329 e. The monoisotopic (exact) mass is 344 g/mol. The predicted molar refractivity (Wildman–Crippen MR) is 89.7 cm³/mol. The number of fused-ring (bicyclic) bond motifs is 1. The zero-order valence-electron chi connectivity index (χ0n) is 11.9. The normalized spacial score (nSPS) is 11.1. The summed E-state index contributed by atoms with van der Waals surface area (Å²) in [5.74, 6) is 0. The van der Waals surface area contributed by atoms with Crippen LogP contribution in [0.1, 0.15) is 18.9 Å². The van der Waals surface area contributed by atoms with E-state index in [0.717, 1.165) is 34.0 Å². The van der Waals surface area contributed by atoms with Crippen LogP contribution in [0.5, 0.6) is 0 Å². The lowest BCUT2D eigenvalue weighted by molar-refractivity contribution is 0.638. The molecule has 0 unspecified atom stereocenters. The molecule has 3 aromatic rings. The van der Waals surface area contributed by atoms with Gasteiger partial charge in [0.2, 0.25) is 0 Å². The standard InChI is InChI=1S/C17H17BrN2O/c1-2-11-19-15-5-3-4-6-16(15)20(17(19)21)12-13-7-9-14(18)10-8-13/h3-10H,2,11-12H2,1H3. The van der Waals surface area contributed by atoms with Gasteiger partial charge in [0, 0.05) is 11.0 Å². The summed E-state index contributed by atoms with van der Waals surface area (Å²) in [6.07, 6.45) is 0.951. The van der Waals surface area contributed by atoms with E-state index in [9.17, 15) is 4.79 Å². The smallest absolute Gasteiger partial charge is 0.292 e. The molecule has 4 heteroatoms. The molecule has 0 N–H and O–H groups in total. The summed E-state index contributed by atoms with van der Waals surface area (Å²) < 4.78 is 4.77. The van der Waals surface area contributed by atoms with Gasteiger partial charge in [-0.25, -0.2) is 4.79 Å². The van der Waals surface area contributed by atoms with Crippen molar-refractivity contribution in [3.05, 3.63) is 69.1 Å². The molecule has 0 aliphatic rings. The predicted octanol–water partition coefficient (Wildman–Crippen LogP) is 4.02. The number of hydrogen-bond donors (Lipinski definition) is 0. The molecule has 0 aliphatic carbocycles. The number of aryl methyl sites for hydroxylation is 1. The van der Waals surface area contributed by atoms with Crippen LogP contribution < -0.4 is 5.69 Å². The first-order chi connectivity index (χ1) is 10.2. The highest BCUT2D eigenvalue weighted by Gasteiger charge is 2.12. The molecule has 108 valence electrons. The van der Waals surface area contributed by atoms with Gasteiger partial charge in [0.05, 0.1) is 17.6 Å². The van der Waals surface area contributed by atoms with Gasteiger partial charge in [-0.2, -0.15) is 0 Å². The third-order valence-corrected chi connectivity index (χ3v) is 4.15. The zero-order valence-corrected chi connectivity index (χ0v) is 13.5. The van der Waals surface area contributed by atoms with E-state index >= 15 is 0 Å². The fourth-order valence-corrected chi connectivity index (χ4v) is 2.90. The Morgan fingerprint density at radius 3 is 2.19 bits per heavy atom. The van der Waals surface area contributed by atoms with Crippen molar-refractivity contribution >= 4 is 27.0 Å². The van der Waals surface area contributed by atoms with Crippen molar-refractivity contribution in [2.75, 3.05) is 0 Å². The number of imidazole rings is 1. The van der Waals surface area contributed by atoms with E-state index in [1.807, 2.05) is 57.7 Å². The summed E-state index contributed by atoms with van der Waals surface area (Å²) in [5.41, 5.74) is 3.21. The number of aromatic nitrogens is 2. The molecule has 0 fully saturated rings. The first-order valence-corrected chi connectivity index (χ1v) is 7.92. The molecule has 0 aliphatic heterocycles. The highest BCUT2D eigenvalue weighted by molar-refractivity contribution is 9.10. The first-order valence-electron chi connectivity index (χ1n) is 7.13. The Balaban J connectivity index is 2.11. The van der Waals surface area contributed by atoms with Gasteiger partial charge in [-0.05, 0) is 36.2 Å². The van der Waals surface area contributed by atoms with Crippen molar-refractivity contribution in [2.24, 2.45) is 0 Å². The molecule has 3 nitrogen and oxygen atoms in total. The quantitative estimate of drug-likeness (QED) is 0.702. The fraction of sp³-hybridized carbons (Fsp3) is 0.235. The van der Waals surface area contributed by atoms with E-state index < -0.39 is 0 Å². The SMILES string of the molecule is CCCn1c(=O)n(Cc2ccc(Br)cc2)c2ccccc21. The average molecular weight is 345 g/mol. The van der Waals surface area contributed by atoms with Crippen molar-refractivity contribution in [1.29, 1.82) is 0 Å². The van der Waals surface area contributed by atoms with E-state index in [1.165, 1.54) is 0 Å². The van der Waals surface area contributed by atoms with Crippen LogP contribution >= 0.6 is 15.9 Å². The third-order valence-electron chi connectivity index (χ3n) is 3.63. The summed E-state index contributed by atoms with van der Waals surface area (Å²) in [7, 11) is 0. The summed E-state index contributed by atoms with van der Waals surface area (Å²) in [6, 6.07) is 16.1. The van der Waals surface area contributed by atoms with Gasteiger partial charge >= 0.3 is 5.69 Å². The van der Waals surface area contributed by atoms with Crippen molar-refractivity contribution < 1.29 is 0 Å². The van der Waals surface area contributed by atoms with E-state index in [-0.39, 0.29) is 5.69 Å². The molecular weight excluding hydrogens is 328 g/mol. The molecule has 0 spiro atoms. The summed E-state index contributed by atoms with van der Waals surface area (Å²) in [4.78, 5) is 12.7. The van der Waals surface area contributed by atoms with Crippen LogP contribution in [0.2, 0.25) is 0 Å². The lowest BCUT2D eigenvalue weighted by Crippen LogP contribution is -2.24. The topological polar surface area (TPSA) is 26.9 Å². The Kier molecular flexibility index (Phi) is 3.97. The molecule has 0 radical (unpaired) electrons. The van der Waals surface area contributed by atoms with Gasteiger partial charge in [-0.3, -0.25) is 9.13 Å². The van der Waals surface area contributed by atoms with Crippen LogP contribution in [-0.2, 0) is 13.1 Å². The summed E-state index contributed by atoms with van der Waals surface area (Å²) >= 11 is 3.44. The second kappa shape index (κ2) is 5.90. The number of rotatable bonds is 4. The minimum atomic E-state index is 0.0703. The molecule has 0 atom stereocenters. The minimum Gasteiger partial charge on any atom is -0.292 e.